The van der Waals surface area contributed by atoms with Gasteiger partial charge in [0.05, 0.1) is 11.8 Å². The lowest BCUT2D eigenvalue weighted by atomic mass is 10.3. The van der Waals surface area contributed by atoms with E-state index in [4.69, 9.17) is 5.11 Å². The molecule has 0 radical (unpaired) electrons. The molecule has 2 aliphatic rings. The summed E-state index contributed by atoms with van der Waals surface area (Å²) in [5.41, 5.74) is 0. The molecule has 0 heterocycles. The summed E-state index contributed by atoms with van der Waals surface area (Å²) in [4.78, 5) is 21.6. The van der Waals surface area contributed by atoms with E-state index in [2.05, 4.69) is 5.32 Å². The number of nitrogens with one attached hydrogen (secondary N) is 1. The summed E-state index contributed by atoms with van der Waals surface area (Å²) < 4.78 is 0. The van der Waals surface area contributed by atoms with Gasteiger partial charge in [-0.2, -0.15) is 0 Å². The van der Waals surface area contributed by atoms with Gasteiger partial charge < -0.3 is 10.4 Å². The third kappa shape index (κ3) is 1.42. The summed E-state index contributed by atoms with van der Waals surface area (Å²) in [6, 6.07) is 0.340. The van der Waals surface area contributed by atoms with Crippen molar-refractivity contribution in [1.82, 2.24) is 5.32 Å². The minimum absolute atomic E-state index is 0.0649. The fourth-order valence-corrected chi connectivity index (χ4v) is 1.29. The molecule has 0 aromatic rings. The van der Waals surface area contributed by atoms with Crippen LogP contribution in [0.15, 0.2) is 0 Å². The predicted molar refractivity (Wildman–Crippen MR) is 40.4 cm³/mol. The summed E-state index contributed by atoms with van der Waals surface area (Å²) >= 11 is 0. The van der Waals surface area contributed by atoms with Crippen molar-refractivity contribution in [2.75, 3.05) is 0 Å². The van der Waals surface area contributed by atoms with E-state index in [9.17, 15) is 9.59 Å². The molecule has 0 aliphatic heterocycles. The molecule has 0 unspecified atom stereocenters. The van der Waals surface area contributed by atoms with Gasteiger partial charge in [0.2, 0.25) is 5.91 Å². The van der Waals surface area contributed by atoms with Crippen molar-refractivity contribution in [3.05, 3.63) is 0 Å². The van der Waals surface area contributed by atoms with E-state index in [1.165, 1.54) is 0 Å². The second-order valence-corrected chi connectivity index (χ2v) is 3.57. The molecule has 2 rings (SSSR count). The van der Waals surface area contributed by atoms with Crippen molar-refractivity contribution >= 4 is 11.9 Å². The molecule has 2 atom stereocenters. The SMILES string of the molecule is O=C(O)[C@H]1C[C@H]1C(=O)NC1CC1. The third-order valence-electron chi connectivity index (χ3n) is 2.37. The Hall–Kier alpha value is -1.06. The average Bonchev–Trinajstić information content (AvgIpc) is 2.82. The molecule has 0 saturated heterocycles. The van der Waals surface area contributed by atoms with Gasteiger partial charge in [0.15, 0.2) is 0 Å². The van der Waals surface area contributed by atoms with Gasteiger partial charge in [-0.15, -0.1) is 0 Å². The maximum Gasteiger partial charge on any atom is 0.307 e. The van der Waals surface area contributed by atoms with Gasteiger partial charge in [-0.1, -0.05) is 0 Å². The first kappa shape index (κ1) is 7.58. The molecule has 4 heteroatoms. The van der Waals surface area contributed by atoms with Crippen molar-refractivity contribution in [2.45, 2.75) is 25.3 Å². The molecule has 0 aromatic heterocycles. The number of hydrogen-bond donors (Lipinski definition) is 2. The number of rotatable bonds is 3. The lowest BCUT2D eigenvalue weighted by Crippen LogP contribution is -2.28. The van der Waals surface area contributed by atoms with Gasteiger partial charge in [-0.05, 0) is 19.3 Å². The van der Waals surface area contributed by atoms with Crippen LogP contribution in [0.25, 0.3) is 0 Å². The first-order valence-electron chi connectivity index (χ1n) is 4.21. The van der Waals surface area contributed by atoms with E-state index in [-0.39, 0.29) is 11.8 Å². The zero-order valence-corrected chi connectivity index (χ0v) is 6.62. The summed E-state index contributed by atoms with van der Waals surface area (Å²) in [6.07, 6.45) is 2.63. The molecule has 2 N–H and O–H groups in total. The quantitative estimate of drug-likeness (QED) is 0.624. The van der Waals surface area contributed by atoms with Crippen LogP contribution in [-0.2, 0) is 9.59 Å². The summed E-state index contributed by atoms with van der Waals surface area (Å²) in [5, 5.41) is 11.3. The van der Waals surface area contributed by atoms with Crippen LogP contribution in [0.5, 0.6) is 0 Å². The standard InChI is InChI=1S/C8H11NO3/c10-7(9-4-1-2-4)5-3-6(5)8(11)12/h4-6H,1-3H2,(H,9,10)(H,11,12)/t5-,6+/m1/s1. The number of hydrogen-bond acceptors (Lipinski definition) is 2. The minimum atomic E-state index is -0.842. The van der Waals surface area contributed by atoms with Crippen LogP contribution in [0.1, 0.15) is 19.3 Å². The van der Waals surface area contributed by atoms with Crippen molar-refractivity contribution in [3.63, 3.8) is 0 Å². The highest BCUT2D eigenvalue weighted by Gasteiger charge is 2.49. The lowest BCUT2D eigenvalue weighted by molar-refractivity contribution is -0.140. The number of aliphatic carboxylic acids is 1. The zero-order valence-electron chi connectivity index (χ0n) is 6.62. The molecule has 2 aliphatic carbocycles. The van der Waals surface area contributed by atoms with Crippen molar-refractivity contribution in [3.8, 4) is 0 Å². The van der Waals surface area contributed by atoms with Crippen LogP contribution in [0.2, 0.25) is 0 Å². The van der Waals surface area contributed by atoms with Crippen LogP contribution < -0.4 is 5.32 Å². The van der Waals surface area contributed by atoms with Gasteiger partial charge in [0, 0.05) is 6.04 Å². The molecule has 0 aromatic carbocycles. The third-order valence-corrected chi connectivity index (χ3v) is 2.37. The Morgan fingerprint density at radius 2 is 1.92 bits per heavy atom. The Morgan fingerprint density at radius 1 is 1.25 bits per heavy atom. The van der Waals surface area contributed by atoms with Crippen molar-refractivity contribution < 1.29 is 14.7 Å². The summed E-state index contributed by atoms with van der Waals surface area (Å²) in [5.74, 6) is -1.57. The predicted octanol–water partition coefficient (Wildman–Crippen LogP) is -0.0143. The highest BCUT2D eigenvalue weighted by molar-refractivity contribution is 5.89. The van der Waals surface area contributed by atoms with E-state index in [0.717, 1.165) is 12.8 Å². The Labute approximate surface area is 69.9 Å². The molecular formula is C8H11NO3. The van der Waals surface area contributed by atoms with E-state index in [1.807, 2.05) is 0 Å². The fourth-order valence-electron chi connectivity index (χ4n) is 1.29. The molecule has 2 saturated carbocycles. The van der Waals surface area contributed by atoms with Crippen LogP contribution in [-0.4, -0.2) is 23.0 Å². The van der Waals surface area contributed by atoms with E-state index in [1.54, 1.807) is 0 Å². The Balaban J connectivity index is 1.79. The Bertz CT molecular complexity index is 234. The maximum atomic E-state index is 11.2. The van der Waals surface area contributed by atoms with Crippen molar-refractivity contribution in [2.24, 2.45) is 11.8 Å². The largest absolute Gasteiger partial charge is 0.481 e. The number of carboxylic acid groups (broad SMARTS) is 1. The zero-order chi connectivity index (χ0) is 8.72. The lowest BCUT2D eigenvalue weighted by Gasteiger charge is -1.99. The van der Waals surface area contributed by atoms with Crippen LogP contribution in [0.3, 0.4) is 0 Å². The maximum absolute atomic E-state index is 11.2. The number of amides is 1. The highest BCUT2D eigenvalue weighted by Crippen LogP contribution is 2.39. The van der Waals surface area contributed by atoms with Gasteiger partial charge >= 0.3 is 5.97 Å². The van der Waals surface area contributed by atoms with Crippen LogP contribution in [0, 0.1) is 11.8 Å². The van der Waals surface area contributed by atoms with Crippen LogP contribution in [0.4, 0.5) is 0 Å². The summed E-state index contributed by atoms with van der Waals surface area (Å²) in [6.45, 7) is 0. The normalized spacial score (nSPS) is 32.7. The van der Waals surface area contributed by atoms with E-state index in [0.29, 0.717) is 12.5 Å². The molecule has 12 heavy (non-hydrogen) atoms. The smallest absolute Gasteiger partial charge is 0.307 e. The van der Waals surface area contributed by atoms with Crippen molar-refractivity contribution in [1.29, 1.82) is 0 Å². The molecule has 2 fully saturated rings. The second kappa shape index (κ2) is 2.47. The van der Waals surface area contributed by atoms with Crippen LogP contribution >= 0.6 is 0 Å². The first-order valence-corrected chi connectivity index (χ1v) is 4.21. The Kier molecular flexibility index (Phi) is 1.56. The first-order chi connectivity index (χ1) is 5.68. The minimum Gasteiger partial charge on any atom is -0.481 e. The molecule has 0 bridgehead atoms. The second-order valence-electron chi connectivity index (χ2n) is 3.57. The number of carbonyl (C=O) groups is 2. The van der Waals surface area contributed by atoms with Gasteiger partial charge in [0.1, 0.15) is 0 Å². The molecule has 0 spiro atoms. The average molecular weight is 169 g/mol. The monoisotopic (exact) mass is 169 g/mol. The topological polar surface area (TPSA) is 66.4 Å². The number of carbonyl (C=O) groups excluding carboxylic acids is 1. The highest BCUT2D eigenvalue weighted by atomic mass is 16.4. The molecule has 1 amide bonds. The Morgan fingerprint density at radius 3 is 2.33 bits per heavy atom. The van der Waals surface area contributed by atoms with Gasteiger partial charge in [-0.25, -0.2) is 0 Å². The molecule has 66 valence electrons. The number of carboxylic acids is 1. The molecular weight excluding hydrogens is 158 g/mol. The summed E-state index contributed by atoms with van der Waals surface area (Å²) in [7, 11) is 0. The molecule has 4 nitrogen and oxygen atoms in total. The van der Waals surface area contributed by atoms with E-state index >= 15 is 0 Å². The van der Waals surface area contributed by atoms with Gasteiger partial charge in [-0.3, -0.25) is 9.59 Å². The van der Waals surface area contributed by atoms with Gasteiger partial charge in [0.25, 0.3) is 0 Å². The fraction of sp³-hybridized carbons (Fsp3) is 0.750. The van der Waals surface area contributed by atoms with E-state index < -0.39 is 11.9 Å².